The Bertz CT molecular complexity index is 3270. The molecule has 0 amide bonds. The molecule has 58 heavy (non-hydrogen) atoms. The highest BCUT2D eigenvalue weighted by atomic mass is 15.2. The van der Waals surface area contributed by atoms with Crippen LogP contribution < -0.4 is 4.90 Å². The molecule has 0 saturated carbocycles. The van der Waals surface area contributed by atoms with Crippen molar-refractivity contribution in [2.24, 2.45) is 0 Å². The molecule has 272 valence electrons. The lowest BCUT2D eigenvalue weighted by molar-refractivity contribution is 1.18. The van der Waals surface area contributed by atoms with Crippen molar-refractivity contribution in [2.45, 2.75) is 0 Å². The van der Waals surface area contributed by atoms with Gasteiger partial charge in [-0.25, -0.2) is 0 Å². The number of hydrogen-bond acceptors (Lipinski definition) is 1. The molecule has 0 N–H and O–H groups in total. The quantitative estimate of drug-likeness (QED) is 0.158. The predicted molar refractivity (Wildman–Crippen MR) is 247 cm³/mol. The normalized spacial score (nSPS) is 11.4. The van der Waals surface area contributed by atoms with Gasteiger partial charge >= 0.3 is 0 Å². The van der Waals surface area contributed by atoms with Gasteiger partial charge in [0.05, 0.1) is 28.1 Å². The summed E-state index contributed by atoms with van der Waals surface area (Å²) in [6, 6.07) is 83.8. The molecule has 0 unspecified atom stereocenters. The summed E-state index contributed by atoms with van der Waals surface area (Å²) >= 11 is 0. The third kappa shape index (κ3) is 5.66. The molecule has 2 nitrogen and oxygen atoms in total. The SMILES string of the molecule is c1ccc(-c2cc(-c3ccc4ccccc4c3)ccc2N(c2ccc(-c3ccccc3)c3ccccc23)c2cccc3c2c2ccccc2n3-c2ccccc2)cc1. The van der Waals surface area contributed by atoms with Gasteiger partial charge in [0.2, 0.25) is 0 Å². The summed E-state index contributed by atoms with van der Waals surface area (Å²) in [7, 11) is 0. The average Bonchev–Trinajstić information content (AvgIpc) is 3.65. The maximum Gasteiger partial charge on any atom is 0.0562 e. The van der Waals surface area contributed by atoms with E-state index in [1.54, 1.807) is 0 Å². The Kier molecular flexibility index (Phi) is 8.19. The van der Waals surface area contributed by atoms with Crippen LogP contribution in [0.15, 0.2) is 231 Å². The molecular formula is C56H38N2. The molecule has 0 fully saturated rings. The van der Waals surface area contributed by atoms with Gasteiger partial charge in [-0.2, -0.15) is 0 Å². The first-order valence-corrected chi connectivity index (χ1v) is 19.9. The van der Waals surface area contributed by atoms with Gasteiger partial charge in [-0.05, 0) is 98.6 Å². The molecule has 10 aromatic carbocycles. The van der Waals surface area contributed by atoms with Crippen LogP contribution in [-0.4, -0.2) is 4.57 Å². The van der Waals surface area contributed by atoms with Crippen LogP contribution in [0.1, 0.15) is 0 Å². The Morgan fingerprint density at radius 2 is 0.862 bits per heavy atom. The van der Waals surface area contributed by atoms with Crippen molar-refractivity contribution in [1.29, 1.82) is 0 Å². The number of hydrogen-bond donors (Lipinski definition) is 0. The monoisotopic (exact) mass is 738 g/mol. The molecule has 0 bridgehead atoms. The summed E-state index contributed by atoms with van der Waals surface area (Å²) in [5.74, 6) is 0. The number of aromatic nitrogens is 1. The fraction of sp³-hybridized carbons (Fsp3) is 0. The molecule has 0 aliphatic rings. The highest BCUT2D eigenvalue weighted by Crippen LogP contribution is 2.49. The smallest absolute Gasteiger partial charge is 0.0562 e. The van der Waals surface area contributed by atoms with Crippen LogP contribution in [0.4, 0.5) is 17.1 Å². The minimum atomic E-state index is 1.11. The number of fused-ring (bicyclic) bond motifs is 5. The van der Waals surface area contributed by atoms with Gasteiger partial charge < -0.3 is 9.47 Å². The van der Waals surface area contributed by atoms with Gasteiger partial charge in [-0.3, -0.25) is 0 Å². The molecule has 11 rings (SSSR count). The summed E-state index contributed by atoms with van der Waals surface area (Å²) in [4.78, 5) is 2.52. The molecular weight excluding hydrogens is 701 g/mol. The fourth-order valence-electron chi connectivity index (χ4n) is 8.91. The Morgan fingerprint density at radius 1 is 0.293 bits per heavy atom. The van der Waals surface area contributed by atoms with E-state index in [0.717, 1.165) is 39.4 Å². The van der Waals surface area contributed by atoms with Crippen molar-refractivity contribution in [3.05, 3.63) is 231 Å². The maximum absolute atomic E-state index is 2.52. The Labute approximate surface area is 338 Å². The van der Waals surface area contributed by atoms with Gasteiger partial charge in [0.1, 0.15) is 0 Å². The van der Waals surface area contributed by atoms with Crippen LogP contribution in [0.5, 0.6) is 0 Å². The van der Waals surface area contributed by atoms with Crippen LogP contribution >= 0.6 is 0 Å². The molecule has 11 aromatic rings. The second-order valence-electron chi connectivity index (χ2n) is 14.9. The zero-order valence-corrected chi connectivity index (χ0v) is 31.8. The van der Waals surface area contributed by atoms with Crippen LogP contribution in [0.25, 0.3) is 82.4 Å². The predicted octanol–water partition coefficient (Wildman–Crippen LogP) is 15.6. The second-order valence-corrected chi connectivity index (χ2v) is 14.9. The number of benzene rings is 10. The number of anilines is 3. The van der Waals surface area contributed by atoms with Gasteiger partial charge in [0.15, 0.2) is 0 Å². The lowest BCUT2D eigenvalue weighted by Crippen LogP contribution is -2.12. The minimum absolute atomic E-state index is 1.11. The summed E-state index contributed by atoms with van der Waals surface area (Å²) in [6.45, 7) is 0. The molecule has 0 atom stereocenters. The summed E-state index contributed by atoms with van der Waals surface area (Å²) in [5.41, 5.74) is 13.9. The van der Waals surface area contributed by atoms with E-state index in [4.69, 9.17) is 0 Å². The number of para-hydroxylation sites is 2. The average molecular weight is 739 g/mol. The molecule has 0 spiro atoms. The maximum atomic E-state index is 2.52. The van der Waals surface area contributed by atoms with Crippen LogP contribution in [0.2, 0.25) is 0 Å². The van der Waals surface area contributed by atoms with Crippen LogP contribution in [-0.2, 0) is 0 Å². The minimum Gasteiger partial charge on any atom is -0.309 e. The van der Waals surface area contributed by atoms with Crippen LogP contribution in [0.3, 0.4) is 0 Å². The number of rotatable bonds is 7. The van der Waals surface area contributed by atoms with E-state index in [1.807, 2.05) is 0 Å². The zero-order valence-electron chi connectivity index (χ0n) is 31.8. The van der Waals surface area contributed by atoms with E-state index in [-0.39, 0.29) is 0 Å². The number of nitrogens with zero attached hydrogens (tertiary/aromatic N) is 2. The van der Waals surface area contributed by atoms with Gasteiger partial charge in [0, 0.05) is 27.4 Å². The van der Waals surface area contributed by atoms with Gasteiger partial charge in [-0.15, -0.1) is 0 Å². The van der Waals surface area contributed by atoms with E-state index >= 15 is 0 Å². The van der Waals surface area contributed by atoms with E-state index < -0.39 is 0 Å². The van der Waals surface area contributed by atoms with Crippen molar-refractivity contribution in [2.75, 3.05) is 4.90 Å². The fourth-order valence-corrected chi connectivity index (χ4v) is 8.91. The summed E-state index contributed by atoms with van der Waals surface area (Å²) in [5, 5.41) is 7.29. The lowest BCUT2D eigenvalue weighted by atomic mass is 9.93. The van der Waals surface area contributed by atoms with Gasteiger partial charge in [-0.1, -0.05) is 176 Å². The first kappa shape index (κ1) is 33.6. The molecule has 2 heteroatoms. The van der Waals surface area contributed by atoms with Crippen molar-refractivity contribution >= 4 is 60.4 Å². The van der Waals surface area contributed by atoms with Gasteiger partial charge in [0.25, 0.3) is 0 Å². The second kappa shape index (κ2) is 14.1. The van der Waals surface area contributed by atoms with Crippen molar-refractivity contribution in [3.8, 4) is 39.1 Å². The third-order valence-corrected chi connectivity index (χ3v) is 11.6. The lowest BCUT2D eigenvalue weighted by Gasteiger charge is -2.30. The first-order chi connectivity index (χ1) is 28.8. The standard InChI is InChI=1S/C56H38N2/c1-4-18-40(19-5-1)46-34-36-52(48-26-13-12-25-47(46)48)58(55-30-16-29-54-56(55)49-27-14-15-28-51(49)57(54)45-23-8-3-9-24-45)53-35-33-44(38-50(53)41-20-6-2-7-21-41)43-32-31-39-17-10-11-22-42(39)37-43/h1-38H. The molecule has 1 aromatic heterocycles. The van der Waals surface area contributed by atoms with E-state index in [1.165, 1.54) is 60.1 Å². The topological polar surface area (TPSA) is 8.17 Å². The Hall–Kier alpha value is -7.68. The van der Waals surface area contributed by atoms with Crippen molar-refractivity contribution in [1.82, 2.24) is 4.57 Å². The van der Waals surface area contributed by atoms with Crippen LogP contribution in [0, 0.1) is 0 Å². The molecule has 0 saturated heterocycles. The third-order valence-electron chi connectivity index (χ3n) is 11.6. The van der Waals surface area contributed by atoms with E-state index in [9.17, 15) is 0 Å². The summed E-state index contributed by atoms with van der Waals surface area (Å²) in [6.07, 6.45) is 0. The Balaban J connectivity index is 1.24. The zero-order chi connectivity index (χ0) is 38.4. The molecule has 0 radical (unpaired) electrons. The largest absolute Gasteiger partial charge is 0.309 e. The summed E-state index contributed by atoms with van der Waals surface area (Å²) < 4.78 is 2.41. The highest BCUT2D eigenvalue weighted by Gasteiger charge is 2.25. The van der Waals surface area contributed by atoms with Crippen molar-refractivity contribution in [3.63, 3.8) is 0 Å². The Morgan fingerprint density at radius 3 is 1.64 bits per heavy atom. The van der Waals surface area contributed by atoms with Crippen molar-refractivity contribution < 1.29 is 0 Å². The highest BCUT2D eigenvalue weighted by molar-refractivity contribution is 6.18. The molecule has 0 aliphatic heterocycles. The van der Waals surface area contributed by atoms with E-state index in [2.05, 4.69) is 240 Å². The first-order valence-electron chi connectivity index (χ1n) is 19.9. The molecule has 1 heterocycles. The van der Waals surface area contributed by atoms with E-state index in [0.29, 0.717) is 0 Å². The molecule has 0 aliphatic carbocycles.